The van der Waals surface area contributed by atoms with Crippen LogP contribution in [0.5, 0.6) is 0 Å². The lowest BCUT2D eigenvalue weighted by Gasteiger charge is -2.26. The van der Waals surface area contributed by atoms with E-state index in [1.54, 1.807) is 38.1 Å². The SMILES string of the molecule is CC(C)N(CC(=O)NCc1cccc(Cl)c1F)C(=O)Cn1nc(C(N)=O)c2cc(CC(=O)CC3CC3)ccc21. The van der Waals surface area contributed by atoms with Crippen molar-refractivity contribution < 1.29 is 23.6 Å². The summed E-state index contributed by atoms with van der Waals surface area (Å²) in [7, 11) is 0. The Hall–Kier alpha value is -3.79. The van der Waals surface area contributed by atoms with E-state index in [2.05, 4.69) is 10.4 Å². The largest absolute Gasteiger partial charge is 0.364 e. The summed E-state index contributed by atoms with van der Waals surface area (Å²) < 4.78 is 15.5. The van der Waals surface area contributed by atoms with E-state index in [-0.39, 0.29) is 54.2 Å². The Balaban J connectivity index is 1.46. The molecule has 11 heteroatoms. The molecule has 0 unspecified atom stereocenters. The molecule has 1 saturated carbocycles. The zero-order valence-electron chi connectivity index (χ0n) is 21.9. The van der Waals surface area contributed by atoms with Gasteiger partial charge in [0.1, 0.15) is 18.1 Å². The first-order valence-corrected chi connectivity index (χ1v) is 13.2. The molecule has 0 aliphatic heterocycles. The van der Waals surface area contributed by atoms with E-state index >= 15 is 0 Å². The number of hydrogen-bond acceptors (Lipinski definition) is 5. The Kier molecular flexibility index (Phi) is 8.64. The number of aromatic nitrogens is 2. The van der Waals surface area contributed by atoms with Gasteiger partial charge < -0.3 is 16.0 Å². The maximum Gasteiger partial charge on any atom is 0.269 e. The quantitative estimate of drug-likeness (QED) is 0.354. The minimum Gasteiger partial charge on any atom is -0.364 e. The number of rotatable bonds is 12. The molecule has 206 valence electrons. The van der Waals surface area contributed by atoms with Gasteiger partial charge in [0.05, 0.1) is 17.1 Å². The number of carbonyl (C=O) groups is 4. The van der Waals surface area contributed by atoms with E-state index in [1.165, 1.54) is 21.7 Å². The van der Waals surface area contributed by atoms with Gasteiger partial charge in [0.2, 0.25) is 11.8 Å². The van der Waals surface area contributed by atoms with E-state index in [4.69, 9.17) is 17.3 Å². The molecule has 1 aromatic heterocycles. The van der Waals surface area contributed by atoms with Crippen LogP contribution in [0, 0.1) is 11.7 Å². The van der Waals surface area contributed by atoms with Gasteiger partial charge in [-0.15, -0.1) is 0 Å². The number of nitrogens with zero attached hydrogens (tertiary/aromatic N) is 3. The lowest BCUT2D eigenvalue weighted by Crippen LogP contribution is -2.45. The summed E-state index contributed by atoms with van der Waals surface area (Å²) in [4.78, 5) is 51.7. The number of benzene rings is 2. The van der Waals surface area contributed by atoms with Crippen LogP contribution in [0.15, 0.2) is 36.4 Å². The van der Waals surface area contributed by atoms with Gasteiger partial charge in [0.25, 0.3) is 5.91 Å². The van der Waals surface area contributed by atoms with Gasteiger partial charge in [-0.05, 0) is 56.4 Å². The third kappa shape index (κ3) is 7.00. The van der Waals surface area contributed by atoms with Crippen LogP contribution >= 0.6 is 11.6 Å². The normalized spacial score (nSPS) is 13.1. The zero-order chi connectivity index (χ0) is 28.3. The van der Waals surface area contributed by atoms with Crippen LogP contribution in [0.2, 0.25) is 5.02 Å². The number of fused-ring (bicyclic) bond motifs is 1. The van der Waals surface area contributed by atoms with Crippen molar-refractivity contribution in [1.82, 2.24) is 20.0 Å². The van der Waals surface area contributed by atoms with Crippen LogP contribution < -0.4 is 11.1 Å². The van der Waals surface area contributed by atoms with Crippen molar-refractivity contribution in [3.63, 3.8) is 0 Å². The molecule has 0 bridgehead atoms. The molecule has 4 rings (SSSR count). The Morgan fingerprint density at radius 2 is 1.95 bits per heavy atom. The van der Waals surface area contributed by atoms with Crippen molar-refractivity contribution >= 4 is 46.0 Å². The molecule has 1 aliphatic carbocycles. The third-order valence-electron chi connectivity index (χ3n) is 6.71. The minimum absolute atomic E-state index is 0.00619. The van der Waals surface area contributed by atoms with Crippen LogP contribution in [0.25, 0.3) is 10.9 Å². The van der Waals surface area contributed by atoms with Crippen molar-refractivity contribution in [3.05, 3.63) is 64.1 Å². The molecule has 1 heterocycles. The number of nitrogens with one attached hydrogen (secondary N) is 1. The molecule has 39 heavy (non-hydrogen) atoms. The smallest absolute Gasteiger partial charge is 0.269 e. The van der Waals surface area contributed by atoms with E-state index in [0.717, 1.165) is 18.4 Å². The molecule has 3 amide bonds. The maximum absolute atomic E-state index is 14.1. The highest BCUT2D eigenvalue weighted by molar-refractivity contribution is 6.30. The minimum atomic E-state index is -0.749. The van der Waals surface area contributed by atoms with Gasteiger partial charge in [0, 0.05) is 36.4 Å². The lowest BCUT2D eigenvalue weighted by molar-refractivity contribution is -0.138. The predicted octanol–water partition coefficient (Wildman–Crippen LogP) is 3.39. The van der Waals surface area contributed by atoms with Gasteiger partial charge in [-0.2, -0.15) is 5.10 Å². The number of halogens is 2. The fraction of sp³-hybridized carbons (Fsp3) is 0.393. The first kappa shape index (κ1) is 28.2. The van der Waals surface area contributed by atoms with E-state index < -0.39 is 23.5 Å². The fourth-order valence-corrected chi connectivity index (χ4v) is 4.64. The Labute approximate surface area is 230 Å². The molecule has 0 saturated heterocycles. The first-order valence-electron chi connectivity index (χ1n) is 12.8. The van der Waals surface area contributed by atoms with Gasteiger partial charge in [0.15, 0.2) is 5.69 Å². The predicted molar refractivity (Wildman–Crippen MR) is 144 cm³/mol. The summed E-state index contributed by atoms with van der Waals surface area (Å²) in [6, 6.07) is 9.40. The summed E-state index contributed by atoms with van der Waals surface area (Å²) in [6.45, 7) is 2.96. The molecule has 9 nitrogen and oxygen atoms in total. The van der Waals surface area contributed by atoms with Gasteiger partial charge in [-0.25, -0.2) is 4.39 Å². The summed E-state index contributed by atoms with van der Waals surface area (Å²) >= 11 is 5.79. The molecule has 2 aromatic carbocycles. The van der Waals surface area contributed by atoms with Gasteiger partial charge in [-0.1, -0.05) is 29.8 Å². The zero-order valence-corrected chi connectivity index (χ0v) is 22.6. The number of amides is 3. The average Bonchev–Trinajstić information content (AvgIpc) is 3.62. The van der Waals surface area contributed by atoms with Crippen LogP contribution in [-0.2, 0) is 33.9 Å². The molecular weight excluding hydrogens is 525 g/mol. The number of ketones is 1. The van der Waals surface area contributed by atoms with Gasteiger partial charge in [-0.3, -0.25) is 23.9 Å². The van der Waals surface area contributed by atoms with Crippen molar-refractivity contribution in [2.24, 2.45) is 11.7 Å². The topological polar surface area (TPSA) is 127 Å². The number of primary amides is 1. The molecule has 3 aromatic rings. The molecule has 1 fully saturated rings. The van der Waals surface area contributed by atoms with Crippen LogP contribution in [-0.4, -0.2) is 50.8 Å². The third-order valence-corrected chi connectivity index (χ3v) is 7.00. The van der Waals surface area contributed by atoms with E-state index in [0.29, 0.717) is 23.2 Å². The monoisotopic (exact) mass is 555 g/mol. The second-order valence-electron chi connectivity index (χ2n) is 10.2. The summed E-state index contributed by atoms with van der Waals surface area (Å²) in [5.74, 6) is -1.61. The summed E-state index contributed by atoms with van der Waals surface area (Å²) in [6.07, 6.45) is 2.99. The molecule has 0 atom stereocenters. The van der Waals surface area contributed by atoms with Crippen LogP contribution in [0.4, 0.5) is 4.39 Å². The van der Waals surface area contributed by atoms with Crippen molar-refractivity contribution in [2.75, 3.05) is 6.54 Å². The molecule has 1 aliphatic rings. The highest BCUT2D eigenvalue weighted by Gasteiger charge is 2.26. The number of Topliss-reactive ketones (excluding diaryl/α,β-unsaturated/α-hetero) is 1. The molecule has 0 radical (unpaired) electrons. The fourth-order valence-electron chi connectivity index (χ4n) is 4.45. The number of hydrogen-bond donors (Lipinski definition) is 2. The molecule has 3 N–H and O–H groups in total. The highest BCUT2D eigenvalue weighted by Crippen LogP contribution is 2.33. The van der Waals surface area contributed by atoms with Gasteiger partial charge >= 0.3 is 0 Å². The Morgan fingerprint density at radius 1 is 1.21 bits per heavy atom. The molecular formula is C28H31ClFN5O4. The standard InChI is InChI=1S/C28H31ClFN5O4/c1-16(2)34(14-24(37)32-13-19-4-3-5-22(29)26(19)30)25(38)15-35-23-9-8-18(11-20(36)10-17-6-7-17)12-21(23)27(33-35)28(31)39/h3-5,8-9,12,16-17H,6-7,10-11,13-15H2,1-2H3,(H2,31,39)(H,32,37). The lowest BCUT2D eigenvalue weighted by atomic mass is 10.0. The van der Waals surface area contributed by atoms with Crippen LogP contribution in [0.1, 0.15) is 54.7 Å². The Bertz CT molecular complexity index is 1430. The van der Waals surface area contributed by atoms with Crippen LogP contribution in [0.3, 0.4) is 0 Å². The highest BCUT2D eigenvalue weighted by atomic mass is 35.5. The maximum atomic E-state index is 14.1. The second-order valence-corrected chi connectivity index (χ2v) is 10.6. The Morgan fingerprint density at radius 3 is 2.62 bits per heavy atom. The first-order chi connectivity index (χ1) is 18.5. The van der Waals surface area contributed by atoms with E-state index in [9.17, 15) is 23.6 Å². The molecule has 0 spiro atoms. The van der Waals surface area contributed by atoms with Crippen molar-refractivity contribution in [2.45, 2.75) is 58.7 Å². The number of nitrogens with two attached hydrogens (primary N) is 1. The summed E-state index contributed by atoms with van der Waals surface area (Å²) in [5, 5.41) is 7.31. The van der Waals surface area contributed by atoms with Crippen molar-refractivity contribution in [1.29, 1.82) is 0 Å². The average molecular weight is 556 g/mol. The summed E-state index contributed by atoms with van der Waals surface area (Å²) in [5.41, 5.74) is 7.06. The van der Waals surface area contributed by atoms with E-state index in [1.807, 2.05) is 0 Å². The number of carbonyl (C=O) groups excluding carboxylic acids is 4. The second kappa shape index (κ2) is 11.9. The van der Waals surface area contributed by atoms with Crippen molar-refractivity contribution in [3.8, 4) is 0 Å².